The first-order valence-electron chi connectivity index (χ1n) is 4.98. The molecule has 2 rings (SSSR count). The van der Waals surface area contributed by atoms with Crippen molar-refractivity contribution >= 4 is 0 Å². The Bertz CT molecular complexity index is 180. The summed E-state index contributed by atoms with van der Waals surface area (Å²) in [7, 11) is 0. The van der Waals surface area contributed by atoms with Gasteiger partial charge >= 0.3 is 0 Å². The Kier molecular flexibility index (Phi) is 1.28. The fourth-order valence-electron chi connectivity index (χ4n) is 3.60. The van der Waals surface area contributed by atoms with Crippen LogP contribution in [0.5, 0.6) is 0 Å². The lowest BCUT2D eigenvalue weighted by Gasteiger charge is -2.37. The molecule has 2 aliphatic rings. The first kappa shape index (κ1) is 7.64. The third-order valence-electron chi connectivity index (χ3n) is 5.23. The molecule has 0 heteroatoms. The molecule has 64 valence electrons. The lowest BCUT2D eigenvalue weighted by atomic mass is 9.67. The van der Waals surface area contributed by atoms with E-state index < -0.39 is 0 Å². The van der Waals surface area contributed by atoms with Crippen LogP contribution >= 0.6 is 0 Å². The second-order valence-corrected chi connectivity index (χ2v) is 5.51. The van der Waals surface area contributed by atoms with E-state index in [0.29, 0.717) is 10.8 Å². The van der Waals surface area contributed by atoms with Crippen molar-refractivity contribution in [3.8, 4) is 0 Å². The fourth-order valence-corrected chi connectivity index (χ4v) is 3.60. The highest BCUT2D eigenvalue weighted by atomic mass is 14.6. The average molecular weight is 152 g/mol. The fraction of sp³-hybridized carbons (Fsp3) is 1.00. The van der Waals surface area contributed by atoms with E-state index in [1.54, 1.807) is 0 Å². The minimum absolute atomic E-state index is 0.631. The van der Waals surface area contributed by atoms with Crippen LogP contribution in [0.15, 0.2) is 0 Å². The Morgan fingerprint density at radius 1 is 1.18 bits per heavy atom. The van der Waals surface area contributed by atoms with Gasteiger partial charge in [-0.05, 0) is 41.9 Å². The molecule has 0 radical (unpaired) electrons. The molecule has 0 saturated heterocycles. The van der Waals surface area contributed by atoms with Crippen LogP contribution in [0.4, 0.5) is 0 Å². The molecule has 3 atom stereocenters. The monoisotopic (exact) mass is 152 g/mol. The zero-order valence-electron chi connectivity index (χ0n) is 8.28. The second kappa shape index (κ2) is 1.84. The highest BCUT2D eigenvalue weighted by molar-refractivity contribution is 5.08. The molecular weight excluding hydrogens is 132 g/mol. The lowest BCUT2D eigenvalue weighted by Crippen LogP contribution is -2.30. The zero-order valence-corrected chi connectivity index (χ0v) is 8.28. The summed E-state index contributed by atoms with van der Waals surface area (Å²) in [5.41, 5.74) is 1.30. The highest BCUT2D eigenvalue weighted by Crippen LogP contribution is 2.67. The molecule has 0 aromatic heterocycles. The highest BCUT2D eigenvalue weighted by Gasteiger charge is 2.59. The molecule has 2 unspecified atom stereocenters. The van der Waals surface area contributed by atoms with E-state index in [2.05, 4.69) is 27.7 Å². The summed E-state index contributed by atoms with van der Waals surface area (Å²) in [6.45, 7) is 9.91. The van der Waals surface area contributed by atoms with Gasteiger partial charge in [0.2, 0.25) is 0 Å². The topological polar surface area (TPSA) is 0 Å². The number of hydrogen-bond donors (Lipinski definition) is 0. The third-order valence-corrected chi connectivity index (χ3v) is 5.23. The summed E-state index contributed by atoms with van der Waals surface area (Å²) in [4.78, 5) is 0. The van der Waals surface area contributed by atoms with Crippen LogP contribution < -0.4 is 0 Å². The summed E-state index contributed by atoms with van der Waals surface area (Å²) >= 11 is 0. The second-order valence-electron chi connectivity index (χ2n) is 5.51. The minimum atomic E-state index is 0.631. The van der Waals surface area contributed by atoms with Crippen LogP contribution in [-0.4, -0.2) is 0 Å². The molecule has 0 aliphatic heterocycles. The third kappa shape index (κ3) is 0.666. The summed E-state index contributed by atoms with van der Waals surface area (Å²) in [6, 6.07) is 0. The Balaban J connectivity index is 2.40. The summed E-state index contributed by atoms with van der Waals surface area (Å²) in [5.74, 6) is 2.00. The molecule has 0 N–H and O–H groups in total. The van der Waals surface area contributed by atoms with Crippen LogP contribution in [-0.2, 0) is 0 Å². The average Bonchev–Trinajstić information content (AvgIpc) is 2.20. The molecule has 0 aromatic rings. The molecule has 0 aromatic carbocycles. The van der Waals surface area contributed by atoms with Crippen molar-refractivity contribution in [1.82, 2.24) is 0 Å². The Hall–Kier alpha value is 0. The molecular formula is C11H20. The molecule has 0 amide bonds. The van der Waals surface area contributed by atoms with E-state index in [0.717, 1.165) is 11.8 Å². The van der Waals surface area contributed by atoms with Gasteiger partial charge in [-0.15, -0.1) is 0 Å². The summed E-state index contributed by atoms with van der Waals surface area (Å²) in [6.07, 6.45) is 4.46. The normalized spacial score (nSPS) is 53.5. The van der Waals surface area contributed by atoms with Gasteiger partial charge in [0.15, 0.2) is 0 Å². The van der Waals surface area contributed by atoms with Gasteiger partial charge in [0.05, 0.1) is 0 Å². The molecule has 0 spiro atoms. The number of hydrogen-bond acceptors (Lipinski definition) is 0. The molecule has 0 heterocycles. The van der Waals surface area contributed by atoms with Gasteiger partial charge < -0.3 is 0 Å². The van der Waals surface area contributed by atoms with Crippen molar-refractivity contribution in [3.63, 3.8) is 0 Å². The van der Waals surface area contributed by atoms with Crippen LogP contribution in [0, 0.1) is 22.7 Å². The van der Waals surface area contributed by atoms with E-state index in [1.807, 2.05) is 0 Å². The van der Waals surface area contributed by atoms with Crippen LogP contribution in [0.1, 0.15) is 47.0 Å². The number of fused-ring (bicyclic) bond motifs is 2. The minimum Gasteiger partial charge on any atom is -0.0620 e. The summed E-state index contributed by atoms with van der Waals surface area (Å²) in [5, 5.41) is 0. The predicted octanol–water partition coefficient (Wildman–Crippen LogP) is 3.47. The largest absolute Gasteiger partial charge is 0.0620 e. The van der Waals surface area contributed by atoms with Crippen molar-refractivity contribution < 1.29 is 0 Å². The molecule has 2 bridgehead atoms. The lowest BCUT2D eigenvalue weighted by molar-refractivity contribution is 0.112. The van der Waals surface area contributed by atoms with Gasteiger partial charge in [-0.2, -0.15) is 0 Å². The molecule has 11 heavy (non-hydrogen) atoms. The molecule has 2 saturated carbocycles. The van der Waals surface area contributed by atoms with Gasteiger partial charge in [0.1, 0.15) is 0 Å². The van der Waals surface area contributed by atoms with Gasteiger partial charge in [0, 0.05) is 0 Å². The maximum atomic E-state index is 2.50. The first-order chi connectivity index (χ1) is 4.98. The predicted molar refractivity (Wildman–Crippen MR) is 48.4 cm³/mol. The van der Waals surface area contributed by atoms with Crippen molar-refractivity contribution in [1.29, 1.82) is 0 Å². The summed E-state index contributed by atoms with van der Waals surface area (Å²) < 4.78 is 0. The first-order valence-corrected chi connectivity index (χ1v) is 4.98. The van der Waals surface area contributed by atoms with Gasteiger partial charge in [-0.25, -0.2) is 0 Å². The molecule has 2 aliphatic carbocycles. The molecule has 2 fully saturated rings. The smallest absolute Gasteiger partial charge is 0.0246 e. The van der Waals surface area contributed by atoms with E-state index in [9.17, 15) is 0 Å². The maximum Gasteiger partial charge on any atom is -0.0246 e. The van der Waals surface area contributed by atoms with E-state index in [4.69, 9.17) is 0 Å². The van der Waals surface area contributed by atoms with Crippen molar-refractivity contribution in [2.45, 2.75) is 47.0 Å². The van der Waals surface area contributed by atoms with Gasteiger partial charge in [-0.1, -0.05) is 27.7 Å². The van der Waals surface area contributed by atoms with E-state index >= 15 is 0 Å². The standard InChI is InChI=1S/C11H20/c1-8-7-9-5-6-11(8,4)10(9,2)3/h8-9H,5-7H2,1-4H3/t8-,9?,11?/m1/s1. The van der Waals surface area contributed by atoms with Crippen LogP contribution in [0.2, 0.25) is 0 Å². The van der Waals surface area contributed by atoms with E-state index in [-0.39, 0.29) is 0 Å². The van der Waals surface area contributed by atoms with Crippen molar-refractivity contribution in [2.75, 3.05) is 0 Å². The Morgan fingerprint density at radius 3 is 2.00 bits per heavy atom. The quantitative estimate of drug-likeness (QED) is 0.498. The Morgan fingerprint density at radius 2 is 1.82 bits per heavy atom. The van der Waals surface area contributed by atoms with Gasteiger partial charge in [-0.3, -0.25) is 0 Å². The molecule has 0 nitrogen and oxygen atoms in total. The SMILES string of the molecule is C[C@@H]1CC2CCC1(C)C2(C)C. The van der Waals surface area contributed by atoms with Crippen LogP contribution in [0.25, 0.3) is 0 Å². The maximum absolute atomic E-state index is 2.50. The van der Waals surface area contributed by atoms with E-state index in [1.165, 1.54) is 19.3 Å². The van der Waals surface area contributed by atoms with Crippen molar-refractivity contribution in [2.24, 2.45) is 22.7 Å². The zero-order chi connectivity index (χ0) is 8.28. The van der Waals surface area contributed by atoms with Crippen LogP contribution in [0.3, 0.4) is 0 Å². The Labute approximate surface area is 70.4 Å². The van der Waals surface area contributed by atoms with Crippen molar-refractivity contribution in [3.05, 3.63) is 0 Å². The van der Waals surface area contributed by atoms with Gasteiger partial charge in [0.25, 0.3) is 0 Å². The number of rotatable bonds is 0.